The van der Waals surface area contributed by atoms with Crippen LogP contribution < -0.4 is 10.1 Å². The number of nitrogens with zero attached hydrogens (tertiary/aromatic N) is 1. The van der Waals surface area contributed by atoms with Crippen molar-refractivity contribution in [1.82, 2.24) is 10.2 Å². The maximum atomic E-state index is 5.66. The molecule has 2 atom stereocenters. The van der Waals surface area contributed by atoms with Gasteiger partial charge < -0.3 is 10.1 Å². The van der Waals surface area contributed by atoms with Crippen molar-refractivity contribution in [2.75, 3.05) is 27.2 Å². The molecule has 1 heterocycles. The molecule has 2 aliphatic rings. The van der Waals surface area contributed by atoms with Gasteiger partial charge in [0.1, 0.15) is 5.75 Å². The Morgan fingerprint density at radius 3 is 2.81 bits per heavy atom. The third-order valence-electron chi connectivity index (χ3n) is 4.79. The summed E-state index contributed by atoms with van der Waals surface area (Å²) < 4.78 is 6.80. The van der Waals surface area contributed by atoms with E-state index in [1.165, 1.54) is 37.8 Å². The number of hydrogen-bond donors (Lipinski definition) is 1. The predicted octanol–water partition coefficient (Wildman–Crippen LogP) is 3.59. The van der Waals surface area contributed by atoms with Crippen LogP contribution in [0.15, 0.2) is 22.7 Å². The Morgan fingerprint density at radius 1 is 1.33 bits per heavy atom. The smallest absolute Gasteiger partial charge is 0.123 e. The Bertz CT molecular complexity index is 488. The molecule has 1 aromatic rings. The van der Waals surface area contributed by atoms with E-state index in [-0.39, 0.29) is 0 Å². The molecule has 1 saturated carbocycles. The van der Waals surface area contributed by atoms with E-state index in [1.54, 1.807) is 7.11 Å². The van der Waals surface area contributed by atoms with Gasteiger partial charge in [0.2, 0.25) is 0 Å². The van der Waals surface area contributed by atoms with Crippen LogP contribution in [0.1, 0.15) is 37.3 Å². The number of nitrogens with one attached hydrogen (secondary N) is 1. The first kappa shape index (κ1) is 15.3. The van der Waals surface area contributed by atoms with Gasteiger partial charge >= 0.3 is 0 Å². The molecule has 3 rings (SSSR count). The van der Waals surface area contributed by atoms with Crippen LogP contribution in [0.5, 0.6) is 5.75 Å². The molecule has 1 aromatic carbocycles. The standard InChI is InChI=1S/C17H25BrN2O/c1-19-11-12-4-3-9-20(14-6-7-14)17(12)15-10-13(18)5-8-16(15)21-2/h5,8,10,12,14,17,19H,3-4,6-7,9,11H2,1-2H3. The van der Waals surface area contributed by atoms with Crippen LogP contribution in [-0.2, 0) is 0 Å². The number of hydrogen-bond acceptors (Lipinski definition) is 3. The van der Waals surface area contributed by atoms with Gasteiger partial charge in [-0.15, -0.1) is 0 Å². The zero-order chi connectivity index (χ0) is 14.8. The second-order valence-electron chi connectivity index (χ2n) is 6.26. The molecule has 116 valence electrons. The number of methoxy groups -OCH3 is 1. The van der Waals surface area contributed by atoms with Gasteiger partial charge in [-0.05, 0) is 69.9 Å². The van der Waals surface area contributed by atoms with E-state index in [9.17, 15) is 0 Å². The zero-order valence-electron chi connectivity index (χ0n) is 12.9. The van der Waals surface area contributed by atoms with Crippen LogP contribution in [0.4, 0.5) is 0 Å². The first-order valence-electron chi connectivity index (χ1n) is 7.98. The van der Waals surface area contributed by atoms with Gasteiger partial charge in [0.05, 0.1) is 7.11 Å². The molecule has 0 amide bonds. The lowest BCUT2D eigenvalue weighted by Gasteiger charge is -2.42. The van der Waals surface area contributed by atoms with Gasteiger partial charge in [0.25, 0.3) is 0 Å². The van der Waals surface area contributed by atoms with Gasteiger partial charge in [0, 0.05) is 22.1 Å². The SMILES string of the molecule is CNCC1CCCN(C2CC2)C1c1cc(Br)ccc1OC. The maximum absolute atomic E-state index is 5.66. The van der Waals surface area contributed by atoms with Crippen LogP contribution in [0.2, 0.25) is 0 Å². The van der Waals surface area contributed by atoms with Gasteiger partial charge in [0.15, 0.2) is 0 Å². The van der Waals surface area contributed by atoms with Gasteiger partial charge in [-0.3, -0.25) is 4.90 Å². The van der Waals surface area contributed by atoms with Crippen molar-refractivity contribution in [3.05, 3.63) is 28.2 Å². The first-order valence-corrected chi connectivity index (χ1v) is 8.77. The van der Waals surface area contributed by atoms with Crippen LogP contribution in [0.25, 0.3) is 0 Å². The van der Waals surface area contributed by atoms with Crippen molar-refractivity contribution in [3.8, 4) is 5.75 Å². The molecule has 2 unspecified atom stereocenters. The maximum Gasteiger partial charge on any atom is 0.123 e. The summed E-state index contributed by atoms with van der Waals surface area (Å²) in [5.74, 6) is 1.68. The summed E-state index contributed by atoms with van der Waals surface area (Å²) >= 11 is 3.63. The molecule has 0 aromatic heterocycles. The van der Waals surface area contributed by atoms with Gasteiger partial charge in [-0.25, -0.2) is 0 Å². The van der Waals surface area contributed by atoms with E-state index in [2.05, 4.69) is 51.4 Å². The number of ether oxygens (including phenoxy) is 1. The average molecular weight is 353 g/mol. The second-order valence-corrected chi connectivity index (χ2v) is 7.18. The van der Waals surface area contributed by atoms with Crippen LogP contribution in [-0.4, -0.2) is 38.2 Å². The fourth-order valence-corrected chi connectivity index (χ4v) is 4.14. The highest BCUT2D eigenvalue weighted by Crippen LogP contribution is 2.45. The Morgan fingerprint density at radius 2 is 2.14 bits per heavy atom. The molecule has 1 saturated heterocycles. The van der Waals surface area contributed by atoms with E-state index in [0.29, 0.717) is 12.0 Å². The Hall–Kier alpha value is -0.580. The Kier molecular flexibility index (Phi) is 4.87. The minimum absolute atomic E-state index is 0.478. The highest BCUT2D eigenvalue weighted by atomic mass is 79.9. The molecular formula is C17H25BrN2O. The minimum atomic E-state index is 0.478. The lowest BCUT2D eigenvalue weighted by molar-refractivity contribution is 0.0826. The highest BCUT2D eigenvalue weighted by Gasteiger charge is 2.41. The number of piperidine rings is 1. The van der Waals surface area contributed by atoms with E-state index in [4.69, 9.17) is 4.74 Å². The Labute approximate surface area is 136 Å². The highest BCUT2D eigenvalue weighted by molar-refractivity contribution is 9.10. The van der Waals surface area contributed by atoms with Gasteiger partial charge in [-0.1, -0.05) is 15.9 Å². The number of likely N-dealkylation sites (tertiary alicyclic amines) is 1. The molecule has 0 spiro atoms. The summed E-state index contributed by atoms with van der Waals surface area (Å²) in [5.41, 5.74) is 1.35. The van der Waals surface area contributed by atoms with E-state index in [0.717, 1.165) is 22.8 Å². The lowest BCUT2D eigenvalue weighted by Crippen LogP contribution is -2.43. The largest absolute Gasteiger partial charge is 0.496 e. The van der Waals surface area contributed by atoms with Crippen molar-refractivity contribution in [2.24, 2.45) is 5.92 Å². The number of halogens is 1. The summed E-state index contributed by atoms with van der Waals surface area (Å²) in [5, 5.41) is 3.39. The molecule has 3 nitrogen and oxygen atoms in total. The average Bonchev–Trinajstić information content (AvgIpc) is 3.32. The summed E-state index contributed by atoms with van der Waals surface area (Å²) in [4.78, 5) is 2.73. The topological polar surface area (TPSA) is 24.5 Å². The minimum Gasteiger partial charge on any atom is -0.496 e. The van der Waals surface area contributed by atoms with Crippen LogP contribution in [0, 0.1) is 5.92 Å². The van der Waals surface area contributed by atoms with Crippen molar-refractivity contribution < 1.29 is 4.74 Å². The predicted molar refractivity (Wildman–Crippen MR) is 89.8 cm³/mol. The molecule has 0 bridgehead atoms. The Balaban J connectivity index is 1.97. The number of rotatable bonds is 5. The normalized spacial score (nSPS) is 26.8. The van der Waals surface area contributed by atoms with Crippen LogP contribution >= 0.6 is 15.9 Å². The van der Waals surface area contributed by atoms with Crippen LogP contribution in [0.3, 0.4) is 0 Å². The fourth-order valence-electron chi connectivity index (χ4n) is 3.76. The third-order valence-corrected chi connectivity index (χ3v) is 5.28. The van der Waals surface area contributed by atoms with Crippen molar-refractivity contribution in [2.45, 2.75) is 37.8 Å². The molecule has 0 radical (unpaired) electrons. The molecule has 1 aliphatic carbocycles. The van der Waals surface area contributed by atoms with Crippen molar-refractivity contribution in [3.63, 3.8) is 0 Å². The summed E-state index contributed by atoms with van der Waals surface area (Å²) in [7, 11) is 3.84. The van der Waals surface area contributed by atoms with E-state index >= 15 is 0 Å². The molecule has 1 aliphatic heterocycles. The van der Waals surface area contributed by atoms with Gasteiger partial charge in [-0.2, -0.15) is 0 Å². The van der Waals surface area contributed by atoms with Crippen molar-refractivity contribution in [1.29, 1.82) is 0 Å². The number of benzene rings is 1. The van der Waals surface area contributed by atoms with E-state index < -0.39 is 0 Å². The third kappa shape index (κ3) is 3.27. The quantitative estimate of drug-likeness (QED) is 0.876. The summed E-state index contributed by atoms with van der Waals surface area (Å²) in [6.45, 7) is 2.30. The second kappa shape index (κ2) is 6.67. The molecular weight excluding hydrogens is 328 g/mol. The molecule has 21 heavy (non-hydrogen) atoms. The summed E-state index contributed by atoms with van der Waals surface area (Å²) in [6, 6.07) is 7.69. The molecule has 1 N–H and O–H groups in total. The van der Waals surface area contributed by atoms with E-state index in [1.807, 2.05) is 0 Å². The summed E-state index contributed by atoms with van der Waals surface area (Å²) in [6.07, 6.45) is 5.33. The lowest BCUT2D eigenvalue weighted by atomic mass is 9.84. The van der Waals surface area contributed by atoms with Crippen molar-refractivity contribution >= 4 is 15.9 Å². The zero-order valence-corrected chi connectivity index (χ0v) is 14.5. The fraction of sp³-hybridized carbons (Fsp3) is 0.647. The molecule has 2 fully saturated rings. The first-order chi connectivity index (χ1) is 10.2. The molecule has 4 heteroatoms. The monoisotopic (exact) mass is 352 g/mol.